The Morgan fingerprint density at radius 1 is 0.508 bits per heavy atom. The maximum absolute atomic E-state index is 12.8. The van der Waals surface area contributed by atoms with Crippen molar-refractivity contribution in [3.63, 3.8) is 0 Å². The van der Waals surface area contributed by atoms with Gasteiger partial charge in [0.05, 0.1) is 19.8 Å². The summed E-state index contributed by atoms with van der Waals surface area (Å²) < 4.78 is 22.9. The second kappa shape index (κ2) is 45.6. The lowest BCUT2D eigenvalue weighted by Gasteiger charge is -2.39. The van der Waals surface area contributed by atoms with E-state index in [-0.39, 0.29) is 19.2 Å². The van der Waals surface area contributed by atoms with Gasteiger partial charge in [-0.3, -0.25) is 4.79 Å². The van der Waals surface area contributed by atoms with Crippen molar-refractivity contribution < 1.29 is 44.2 Å². The second-order valence-corrected chi connectivity index (χ2v) is 18.3. The number of ether oxygens (including phenoxy) is 4. The summed E-state index contributed by atoms with van der Waals surface area (Å²) in [5, 5.41) is 40.3. The topological polar surface area (TPSA) is 135 Å². The minimum Gasteiger partial charge on any atom is -0.457 e. The highest BCUT2D eigenvalue weighted by molar-refractivity contribution is 5.69. The summed E-state index contributed by atoms with van der Waals surface area (Å²) in [5.74, 6) is -0.322. The van der Waals surface area contributed by atoms with Crippen molar-refractivity contribution >= 4 is 5.97 Å². The first-order valence-electron chi connectivity index (χ1n) is 26.6. The van der Waals surface area contributed by atoms with E-state index in [1.807, 2.05) is 0 Å². The average molecular weight is 893 g/mol. The monoisotopic (exact) mass is 893 g/mol. The molecule has 0 radical (unpaired) electrons. The number of aliphatic hydroxyl groups is 4. The van der Waals surface area contributed by atoms with Crippen LogP contribution in [-0.2, 0) is 23.7 Å². The number of rotatable bonds is 46. The molecule has 4 N–H and O–H groups in total. The summed E-state index contributed by atoms with van der Waals surface area (Å²) in [6.07, 6.45) is 48.9. The third-order valence-electron chi connectivity index (χ3n) is 12.3. The molecule has 6 unspecified atom stereocenters. The molecule has 0 saturated carbocycles. The van der Waals surface area contributed by atoms with Crippen molar-refractivity contribution in [1.29, 1.82) is 0 Å². The Kier molecular flexibility index (Phi) is 43.0. The van der Waals surface area contributed by atoms with Crippen molar-refractivity contribution in [2.75, 3.05) is 26.4 Å². The zero-order valence-corrected chi connectivity index (χ0v) is 40.8. The van der Waals surface area contributed by atoms with Crippen LogP contribution >= 0.6 is 0 Å². The first-order valence-corrected chi connectivity index (χ1v) is 26.6. The molecule has 0 bridgehead atoms. The predicted molar refractivity (Wildman–Crippen MR) is 261 cm³/mol. The fourth-order valence-corrected chi connectivity index (χ4v) is 8.15. The van der Waals surface area contributed by atoms with Crippen LogP contribution in [0.3, 0.4) is 0 Å². The van der Waals surface area contributed by atoms with E-state index in [1.54, 1.807) is 0 Å². The number of unbranched alkanes of at least 4 members (excludes halogenated alkanes) is 29. The molecule has 0 aromatic heterocycles. The van der Waals surface area contributed by atoms with Gasteiger partial charge in [0.2, 0.25) is 0 Å². The fraction of sp³-hybridized carbons (Fsp3) is 0.870. The number of carbonyl (C=O) groups is 1. The van der Waals surface area contributed by atoms with Crippen LogP contribution in [0.1, 0.15) is 239 Å². The molecule has 63 heavy (non-hydrogen) atoms. The van der Waals surface area contributed by atoms with Crippen LogP contribution in [-0.4, -0.2) is 89.6 Å². The fourth-order valence-electron chi connectivity index (χ4n) is 8.15. The van der Waals surface area contributed by atoms with Crippen LogP contribution in [0.5, 0.6) is 0 Å². The highest BCUT2D eigenvalue weighted by Gasteiger charge is 2.44. The third-order valence-corrected chi connectivity index (χ3v) is 12.3. The zero-order chi connectivity index (χ0) is 45.7. The summed E-state index contributed by atoms with van der Waals surface area (Å²) in [6.45, 7) is 4.57. The smallest absolute Gasteiger partial charge is 0.306 e. The van der Waals surface area contributed by atoms with Gasteiger partial charge in [0.15, 0.2) is 6.29 Å². The molecular formula is C54H100O9. The largest absolute Gasteiger partial charge is 0.457 e. The minimum absolute atomic E-state index is 0.116. The van der Waals surface area contributed by atoms with Gasteiger partial charge >= 0.3 is 5.97 Å². The summed E-state index contributed by atoms with van der Waals surface area (Å²) in [6, 6.07) is 0. The van der Waals surface area contributed by atoms with E-state index in [2.05, 4.69) is 50.3 Å². The van der Waals surface area contributed by atoms with E-state index in [0.29, 0.717) is 13.0 Å². The van der Waals surface area contributed by atoms with Gasteiger partial charge < -0.3 is 39.4 Å². The maximum Gasteiger partial charge on any atom is 0.306 e. The van der Waals surface area contributed by atoms with E-state index < -0.39 is 43.4 Å². The molecule has 1 rings (SSSR count). The molecule has 9 heteroatoms. The molecule has 9 nitrogen and oxygen atoms in total. The van der Waals surface area contributed by atoms with E-state index in [0.717, 1.165) is 57.8 Å². The van der Waals surface area contributed by atoms with E-state index in [1.165, 1.54) is 161 Å². The molecule has 370 valence electrons. The molecule has 0 spiro atoms. The van der Waals surface area contributed by atoms with Crippen LogP contribution in [0.4, 0.5) is 0 Å². The van der Waals surface area contributed by atoms with Crippen molar-refractivity contribution in [3.05, 3.63) is 36.5 Å². The summed E-state index contributed by atoms with van der Waals surface area (Å²) >= 11 is 0. The zero-order valence-electron chi connectivity index (χ0n) is 40.8. The molecular weight excluding hydrogens is 793 g/mol. The Morgan fingerprint density at radius 3 is 1.38 bits per heavy atom. The summed E-state index contributed by atoms with van der Waals surface area (Å²) in [7, 11) is 0. The van der Waals surface area contributed by atoms with Gasteiger partial charge in [0.25, 0.3) is 0 Å². The van der Waals surface area contributed by atoms with Gasteiger partial charge in [0.1, 0.15) is 30.5 Å². The Labute approximate surface area is 387 Å². The lowest BCUT2D eigenvalue weighted by atomic mass is 9.99. The molecule has 0 amide bonds. The van der Waals surface area contributed by atoms with Crippen LogP contribution < -0.4 is 0 Å². The highest BCUT2D eigenvalue weighted by Crippen LogP contribution is 2.23. The van der Waals surface area contributed by atoms with E-state index in [4.69, 9.17) is 18.9 Å². The van der Waals surface area contributed by atoms with Gasteiger partial charge in [-0.2, -0.15) is 0 Å². The van der Waals surface area contributed by atoms with Crippen molar-refractivity contribution in [2.24, 2.45) is 0 Å². The van der Waals surface area contributed by atoms with Crippen LogP contribution in [0, 0.1) is 0 Å². The Hall–Kier alpha value is -1.59. The molecule has 0 aromatic rings. The number of aliphatic hydroxyl groups excluding tert-OH is 4. The number of allylic oxidation sites excluding steroid dienone is 6. The molecule has 1 fully saturated rings. The SMILES string of the molecule is CCCCCCC/C=C\C/C=C\C/C=C\CCCCCCCCC(=O)OC(COCCCCCCCCCCCCCCCCCCCCC)COC1OC(CO)C(O)C(O)C1O. The normalized spacial score (nSPS) is 19.9. The molecule has 1 aliphatic heterocycles. The average Bonchev–Trinajstić information content (AvgIpc) is 3.28. The van der Waals surface area contributed by atoms with Crippen LogP contribution in [0.15, 0.2) is 36.5 Å². The molecule has 0 aromatic carbocycles. The molecule has 1 saturated heterocycles. The Balaban J connectivity index is 2.20. The van der Waals surface area contributed by atoms with E-state index >= 15 is 0 Å². The Bertz CT molecular complexity index is 1060. The summed E-state index contributed by atoms with van der Waals surface area (Å²) in [5.41, 5.74) is 0. The van der Waals surface area contributed by atoms with Crippen LogP contribution in [0.2, 0.25) is 0 Å². The standard InChI is InChI=1S/C54H100O9/c1-3-5-7-9-11-13-15-17-19-21-23-24-25-27-29-31-33-35-37-39-41-43-50(56)62-48(47-61-54-53(59)52(58)51(57)49(45-55)63-54)46-60-44-42-40-38-36-34-32-30-28-26-22-20-18-16-14-12-10-8-6-4-2/h15,17,21,23,25,27,48-49,51-55,57-59H,3-14,16,18-20,22,24,26,28-47H2,1-2H3/b17-15-,23-21-,27-25-. The van der Waals surface area contributed by atoms with Gasteiger partial charge in [-0.25, -0.2) is 0 Å². The highest BCUT2D eigenvalue weighted by atomic mass is 16.7. The number of hydrogen-bond donors (Lipinski definition) is 4. The predicted octanol–water partition coefficient (Wildman–Crippen LogP) is 13.1. The minimum atomic E-state index is -1.54. The van der Waals surface area contributed by atoms with Gasteiger partial charge in [-0.15, -0.1) is 0 Å². The summed E-state index contributed by atoms with van der Waals surface area (Å²) in [4.78, 5) is 12.8. The molecule has 6 atom stereocenters. The van der Waals surface area contributed by atoms with Gasteiger partial charge in [-0.05, 0) is 51.4 Å². The Morgan fingerprint density at radius 2 is 0.921 bits per heavy atom. The lowest BCUT2D eigenvalue weighted by molar-refractivity contribution is -0.305. The lowest BCUT2D eigenvalue weighted by Crippen LogP contribution is -2.59. The van der Waals surface area contributed by atoms with Gasteiger partial charge in [0, 0.05) is 13.0 Å². The molecule has 1 heterocycles. The number of hydrogen-bond acceptors (Lipinski definition) is 9. The second-order valence-electron chi connectivity index (χ2n) is 18.3. The van der Waals surface area contributed by atoms with Crippen molar-refractivity contribution in [1.82, 2.24) is 0 Å². The third kappa shape index (κ3) is 36.2. The number of esters is 1. The van der Waals surface area contributed by atoms with Crippen molar-refractivity contribution in [2.45, 2.75) is 275 Å². The van der Waals surface area contributed by atoms with Gasteiger partial charge in [-0.1, -0.05) is 217 Å². The van der Waals surface area contributed by atoms with Crippen molar-refractivity contribution in [3.8, 4) is 0 Å². The quantitative estimate of drug-likeness (QED) is 0.0268. The van der Waals surface area contributed by atoms with Crippen LogP contribution in [0.25, 0.3) is 0 Å². The first kappa shape index (κ1) is 59.4. The molecule has 0 aliphatic carbocycles. The first-order chi connectivity index (χ1) is 30.9. The molecule has 1 aliphatic rings. The number of carbonyl (C=O) groups excluding carboxylic acids is 1. The van der Waals surface area contributed by atoms with E-state index in [9.17, 15) is 25.2 Å². The maximum atomic E-state index is 12.8.